The van der Waals surface area contributed by atoms with E-state index in [1.165, 1.54) is 35.1 Å². The van der Waals surface area contributed by atoms with Gasteiger partial charge in [-0.3, -0.25) is 0 Å². The number of hydrogen-bond acceptors (Lipinski definition) is 2. The van der Waals surface area contributed by atoms with Gasteiger partial charge in [-0.15, -0.1) is 0 Å². The van der Waals surface area contributed by atoms with E-state index in [-0.39, 0.29) is 40.8 Å². The molecule has 0 saturated carbocycles. The zero-order valence-electron chi connectivity index (χ0n) is 14.7. The molecule has 2 aromatic rings. The summed E-state index contributed by atoms with van der Waals surface area (Å²) < 4.78 is 0. The molecule has 0 amide bonds. The van der Waals surface area contributed by atoms with E-state index in [4.69, 9.17) is 5.73 Å². The molecule has 3 N–H and O–H groups in total. The SMILES string of the molecule is CNC1CCc2ccc[c-]c2C1.NC1CCc2ccc[c-]c2C1.[Re].[Re]. The van der Waals surface area contributed by atoms with Crippen molar-refractivity contribution in [3.05, 3.63) is 70.8 Å². The van der Waals surface area contributed by atoms with Crippen molar-refractivity contribution < 1.29 is 40.8 Å². The van der Waals surface area contributed by atoms with Crippen LogP contribution in [0.4, 0.5) is 0 Å². The summed E-state index contributed by atoms with van der Waals surface area (Å²) in [7, 11) is 2.04. The van der Waals surface area contributed by atoms with Crippen LogP contribution in [0.1, 0.15) is 35.1 Å². The number of nitrogens with one attached hydrogen (secondary N) is 1. The van der Waals surface area contributed by atoms with Crippen LogP contribution in [0.25, 0.3) is 0 Å². The van der Waals surface area contributed by atoms with Gasteiger partial charge in [0.1, 0.15) is 0 Å². The molecule has 0 saturated heterocycles. The Kier molecular flexibility index (Phi) is 10.4. The molecule has 2 unspecified atom stereocenters. The molecular weight excluding hydrogens is 653 g/mol. The summed E-state index contributed by atoms with van der Waals surface area (Å²) in [4.78, 5) is 0. The molecule has 136 valence electrons. The fourth-order valence-corrected chi connectivity index (χ4v) is 3.49. The van der Waals surface area contributed by atoms with Gasteiger partial charge in [0.15, 0.2) is 0 Å². The smallest absolute Gasteiger partial charge is 0.00779 e. The van der Waals surface area contributed by atoms with Gasteiger partial charge in [-0.25, -0.2) is 0 Å². The molecule has 0 fully saturated rings. The van der Waals surface area contributed by atoms with Crippen molar-refractivity contribution in [3.8, 4) is 0 Å². The van der Waals surface area contributed by atoms with E-state index in [1.807, 2.05) is 19.2 Å². The van der Waals surface area contributed by atoms with Crippen molar-refractivity contribution >= 4 is 0 Å². The number of benzene rings is 2. The zero-order valence-corrected chi connectivity index (χ0v) is 20.1. The monoisotopic (exact) mass is 680 g/mol. The number of rotatable bonds is 1. The maximum absolute atomic E-state index is 5.83. The first-order valence-corrected chi connectivity index (χ1v) is 8.66. The van der Waals surface area contributed by atoms with E-state index >= 15 is 0 Å². The molecule has 2 radical (unpaired) electrons. The molecule has 2 aromatic carbocycles. The average Bonchev–Trinajstić information content (AvgIpc) is 2.61. The number of aryl methyl sites for hydroxylation is 2. The van der Waals surface area contributed by atoms with Crippen LogP contribution in [-0.4, -0.2) is 19.1 Å². The number of fused-ring (bicyclic) bond motifs is 2. The van der Waals surface area contributed by atoms with Gasteiger partial charge >= 0.3 is 0 Å². The third-order valence-electron chi connectivity index (χ3n) is 4.95. The second kappa shape index (κ2) is 11.4. The van der Waals surface area contributed by atoms with Gasteiger partial charge in [0, 0.05) is 52.9 Å². The van der Waals surface area contributed by atoms with Crippen LogP contribution >= 0.6 is 0 Å². The van der Waals surface area contributed by atoms with Crippen LogP contribution in [0.5, 0.6) is 0 Å². The Morgan fingerprint density at radius 1 is 0.920 bits per heavy atom. The van der Waals surface area contributed by atoms with E-state index in [0.29, 0.717) is 12.1 Å². The Morgan fingerprint density at radius 2 is 1.48 bits per heavy atom. The molecule has 0 bridgehead atoms. The molecular formula is C21H26N2Re2-2. The molecule has 2 aliphatic carbocycles. The Labute approximate surface area is 179 Å². The van der Waals surface area contributed by atoms with E-state index in [9.17, 15) is 0 Å². The Hall–Kier alpha value is -0.315. The molecule has 0 spiro atoms. The summed E-state index contributed by atoms with van der Waals surface area (Å²) in [5.74, 6) is 0. The summed E-state index contributed by atoms with van der Waals surface area (Å²) in [6.45, 7) is 0. The van der Waals surface area contributed by atoms with Gasteiger partial charge in [0.2, 0.25) is 0 Å². The van der Waals surface area contributed by atoms with Crippen molar-refractivity contribution in [3.63, 3.8) is 0 Å². The Morgan fingerprint density at radius 3 is 2.08 bits per heavy atom. The van der Waals surface area contributed by atoms with E-state index < -0.39 is 0 Å². The minimum atomic E-state index is 0. The van der Waals surface area contributed by atoms with Gasteiger partial charge < -0.3 is 11.1 Å². The van der Waals surface area contributed by atoms with Crippen molar-refractivity contribution in [2.24, 2.45) is 5.73 Å². The van der Waals surface area contributed by atoms with E-state index in [1.54, 1.807) is 0 Å². The summed E-state index contributed by atoms with van der Waals surface area (Å²) in [5, 5.41) is 3.32. The van der Waals surface area contributed by atoms with Crippen LogP contribution in [0, 0.1) is 12.1 Å². The van der Waals surface area contributed by atoms with Crippen LogP contribution in [-0.2, 0) is 66.5 Å². The first-order valence-electron chi connectivity index (χ1n) is 8.66. The zero-order chi connectivity index (χ0) is 16.1. The molecule has 4 heteroatoms. The second-order valence-electron chi connectivity index (χ2n) is 6.58. The normalized spacial score (nSPS) is 20.6. The quantitative estimate of drug-likeness (QED) is 0.456. The minimum Gasteiger partial charge on any atom is -0.327 e. The van der Waals surface area contributed by atoms with Gasteiger partial charge in [-0.2, -0.15) is 70.8 Å². The fourth-order valence-electron chi connectivity index (χ4n) is 3.49. The summed E-state index contributed by atoms with van der Waals surface area (Å²) >= 11 is 0. The van der Waals surface area contributed by atoms with Gasteiger partial charge in [0.05, 0.1) is 0 Å². The predicted octanol–water partition coefficient (Wildman–Crippen LogP) is 2.86. The third kappa shape index (κ3) is 6.41. The van der Waals surface area contributed by atoms with Crippen LogP contribution < -0.4 is 11.1 Å². The summed E-state index contributed by atoms with van der Waals surface area (Å²) in [6, 6.07) is 20.1. The molecule has 0 aromatic heterocycles. The minimum absolute atomic E-state index is 0. The first kappa shape index (κ1) is 22.7. The van der Waals surface area contributed by atoms with Crippen LogP contribution in [0.15, 0.2) is 36.4 Å². The molecule has 2 atom stereocenters. The molecule has 0 heterocycles. The molecule has 4 rings (SSSR count). The molecule has 25 heavy (non-hydrogen) atoms. The second-order valence-corrected chi connectivity index (χ2v) is 6.58. The molecule has 0 aliphatic heterocycles. The van der Waals surface area contributed by atoms with Crippen molar-refractivity contribution in [1.82, 2.24) is 5.32 Å². The van der Waals surface area contributed by atoms with Crippen molar-refractivity contribution in [2.45, 2.75) is 50.6 Å². The fraction of sp³-hybridized carbons (Fsp3) is 0.429. The topological polar surface area (TPSA) is 38.0 Å². The number of nitrogens with two attached hydrogens (primary N) is 1. The summed E-state index contributed by atoms with van der Waals surface area (Å²) in [6.07, 6.45) is 6.89. The van der Waals surface area contributed by atoms with E-state index in [0.717, 1.165) is 25.7 Å². The maximum Gasteiger partial charge on any atom is 0.00779 e. The van der Waals surface area contributed by atoms with E-state index in [2.05, 4.69) is 41.7 Å². The Bertz CT molecular complexity index is 645. The van der Waals surface area contributed by atoms with Gasteiger partial charge in [0.25, 0.3) is 0 Å². The standard InChI is InChI=1S/C11H14N.C10H12N.2Re/c1-12-11-7-6-9-4-2-3-5-10(9)8-11;11-10-6-5-8-3-1-2-4-9(8)7-10;;/h2-4,11-12H,6-8H2,1H3;1-3,10H,5-7,11H2;;/q2*-1;;. The van der Waals surface area contributed by atoms with Crippen LogP contribution in [0.2, 0.25) is 0 Å². The van der Waals surface area contributed by atoms with Crippen molar-refractivity contribution in [1.29, 1.82) is 0 Å². The number of hydrogen-bond donors (Lipinski definition) is 2. The molecule has 2 aliphatic rings. The van der Waals surface area contributed by atoms with Crippen LogP contribution in [0.3, 0.4) is 0 Å². The average molecular weight is 679 g/mol. The summed E-state index contributed by atoms with van der Waals surface area (Å²) in [5.41, 5.74) is 11.5. The molecule has 2 nitrogen and oxygen atoms in total. The van der Waals surface area contributed by atoms with Gasteiger partial charge in [-0.1, -0.05) is 12.8 Å². The number of likely N-dealkylation sites (N-methyl/N-ethyl adjacent to an activating group) is 1. The maximum atomic E-state index is 5.83. The van der Waals surface area contributed by atoms with Crippen molar-refractivity contribution in [2.75, 3.05) is 7.05 Å². The third-order valence-corrected chi connectivity index (χ3v) is 4.95. The Balaban J connectivity index is 0.000000232. The van der Waals surface area contributed by atoms with Gasteiger partial charge in [-0.05, 0) is 32.7 Å². The largest absolute Gasteiger partial charge is 0.327 e. The first-order chi connectivity index (χ1) is 11.3. The predicted molar refractivity (Wildman–Crippen MR) is 95.4 cm³/mol.